The van der Waals surface area contributed by atoms with Gasteiger partial charge in [0.25, 0.3) is 11.8 Å². The monoisotopic (exact) mass is 420 g/mol. The number of nitrogens with zero attached hydrogens (tertiary/aromatic N) is 3. The number of para-hydroxylation sites is 1. The predicted octanol–water partition coefficient (Wildman–Crippen LogP) is 2.69. The molecular formula is C23H24N4O4. The van der Waals surface area contributed by atoms with Crippen molar-refractivity contribution in [3.8, 4) is 22.8 Å². The lowest BCUT2D eigenvalue weighted by Crippen LogP contribution is -2.50. The Bertz CT molecular complexity index is 1070. The van der Waals surface area contributed by atoms with E-state index in [9.17, 15) is 9.59 Å². The molecule has 0 radical (unpaired) electrons. The van der Waals surface area contributed by atoms with E-state index in [2.05, 4.69) is 10.2 Å². The number of amides is 2. The summed E-state index contributed by atoms with van der Waals surface area (Å²) in [4.78, 5) is 29.2. The molecule has 3 aromatic rings. The molecule has 31 heavy (non-hydrogen) atoms. The second kappa shape index (κ2) is 8.91. The molecule has 4 rings (SSSR count). The third-order valence-electron chi connectivity index (χ3n) is 5.39. The first-order valence-electron chi connectivity index (χ1n) is 10.0. The molecule has 0 bridgehead atoms. The second-order valence-electron chi connectivity index (χ2n) is 7.18. The number of benzene rings is 2. The highest BCUT2D eigenvalue weighted by molar-refractivity contribution is 5.97. The van der Waals surface area contributed by atoms with E-state index in [0.29, 0.717) is 48.9 Å². The number of ether oxygens (including phenoxy) is 2. The molecule has 1 aliphatic rings. The number of methoxy groups -OCH3 is 2. The van der Waals surface area contributed by atoms with Gasteiger partial charge in [-0.1, -0.05) is 12.1 Å². The zero-order valence-electron chi connectivity index (χ0n) is 17.5. The number of carbonyl (C=O) groups is 2. The molecule has 1 N–H and O–H groups in total. The summed E-state index contributed by atoms with van der Waals surface area (Å²) in [6, 6.07) is 16.4. The van der Waals surface area contributed by atoms with E-state index in [-0.39, 0.29) is 11.8 Å². The summed E-state index contributed by atoms with van der Waals surface area (Å²) in [5.41, 5.74) is 2.54. The molecule has 0 spiro atoms. The lowest BCUT2D eigenvalue weighted by atomic mass is 10.1. The summed E-state index contributed by atoms with van der Waals surface area (Å²) in [6.45, 7) is 1.83. The molecule has 0 saturated carbocycles. The summed E-state index contributed by atoms with van der Waals surface area (Å²) in [7, 11) is 3.16. The number of carbonyl (C=O) groups excluding carboxylic acids is 2. The van der Waals surface area contributed by atoms with Gasteiger partial charge in [0, 0.05) is 31.7 Å². The topological polar surface area (TPSA) is 87.8 Å². The molecule has 8 heteroatoms. The van der Waals surface area contributed by atoms with Crippen LogP contribution in [0, 0.1) is 0 Å². The van der Waals surface area contributed by atoms with E-state index >= 15 is 0 Å². The van der Waals surface area contributed by atoms with Gasteiger partial charge in [-0.25, -0.2) is 0 Å². The van der Waals surface area contributed by atoms with Gasteiger partial charge in [0.2, 0.25) is 0 Å². The van der Waals surface area contributed by atoms with Gasteiger partial charge in [-0.05, 0) is 42.5 Å². The van der Waals surface area contributed by atoms with Crippen molar-refractivity contribution >= 4 is 11.8 Å². The van der Waals surface area contributed by atoms with Crippen LogP contribution in [0.3, 0.4) is 0 Å². The summed E-state index contributed by atoms with van der Waals surface area (Å²) in [5, 5.41) is 7.10. The van der Waals surface area contributed by atoms with Crippen molar-refractivity contribution in [2.45, 2.75) is 0 Å². The maximum Gasteiger partial charge on any atom is 0.272 e. The van der Waals surface area contributed by atoms with Gasteiger partial charge in [0.15, 0.2) is 0 Å². The normalized spacial score (nSPS) is 13.7. The Hall–Kier alpha value is -3.81. The maximum atomic E-state index is 12.9. The van der Waals surface area contributed by atoms with Crippen molar-refractivity contribution in [1.82, 2.24) is 20.0 Å². The zero-order valence-corrected chi connectivity index (χ0v) is 17.5. The van der Waals surface area contributed by atoms with Crippen LogP contribution in [0.4, 0.5) is 0 Å². The molecule has 8 nitrogen and oxygen atoms in total. The molecular weight excluding hydrogens is 396 g/mol. The number of aromatic nitrogens is 2. The highest BCUT2D eigenvalue weighted by Crippen LogP contribution is 2.23. The Morgan fingerprint density at radius 1 is 0.871 bits per heavy atom. The van der Waals surface area contributed by atoms with Crippen molar-refractivity contribution in [2.75, 3.05) is 40.4 Å². The van der Waals surface area contributed by atoms with Gasteiger partial charge in [-0.3, -0.25) is 14.7 Å². The Morgan fingerprint density at radius 2 is 1.52 bits per heavy atom. The van der Waals surface area contributed by atoms with Crippen LogP contribution in [0.1, 0.15) is 20.8 Å². The highest BCUT2D eigenvalue weighted by atomic mass is 16.5. The molecule has 0 aliphatic carbocycles. The van der Waals surface area contributed by atoms with Crippen LogP contribution in [0.2, 0.25) is 0 Å². The molecule has 2 aromatic carbocycles. The van der Waals surface area contributed by atoms with Crippen molar-refractivity contribution in [1.29, 1.82) is 0 Å². The summed E-state index contributed by atoms with van der Waals surface area (Å²) in [5.74, 6) is 1.09. The number of nitrogens with one attached hydrogen (secondary N) is 1. The summed E-state index contributed by atoms with van der Waals surface area (Å²) in [6.07, 6.45) is 0. The van der Waals surface area contributed by atoms with Crippen LogP contribution in [-0.4, -0.2) is 72.2 Å². The molecule has 0 unspecified atom stereocenters. The van der Waals surface area contributed by atoms with Gasteiger partial charge >= 0.3 is 0 Å². The third kappa shape index (κ3) is 4.23. The van der Waals surface area contributed by atoms with Gasteiger partial charge in [-0.15, -0.1) is 0 Å². The minimum atomic E-state index is -0.128. The van der Waals surface area contributed by atoms with Gasteiger partial charge < -0.3 is 19.3 Å². The number of rotatable bonds is 5. The molecule has 1 fully saturated rings. The minimum Gasteiger partial charge on any atom is -0.497 e. The fourth-order valence-corrected chi connectivity index (χ4v) is 3.62. The zero-order chi connectivity index (χ0) is 21.8. The standard InChI is InChI=1S/C23H24N4O4/c1-30-17-9-7-16(8-10-17)19-15-20(25-24-19)23(29)27-13-11-26(12-14-27)22(28)18-5-3-4-6-21(18)31-2/h3-10,15H,11-14H2,1-2H3,(H,24,25). The van der Waals surface area contributed by atoms with Crippen molar-refractivity contribution in [3.63, 3.8) is 0 Å². The summed E-state index contributed by atoms with van der Waals surface area (Å²) < 4.78 is 10.5. The lowest BCUT2D eigenvalue weighted by molar-refractivity contribution is 0.0530. The average molecular weight is 420 g/mol. The average Bonchev–Trinajstić information content (AvgIpc) is 3.33. The van der Waals surface area contributed by atoms with Crippen LogP contribution in [0.25, 0.3) is 11.3 Å². The molecule has 2 amide bonds. The molecule has 0 atom stereocenters. The van der Waals surface area contributed by atoms with Crippen molar-refractivity contribution < 1.29 is 19.1 Å². The second-order valence-corrected chi connectivity index (χ2v) is 7.18. The molecule has 1 aliphatic heterocycles. The first-order valence-corrected chi connectivity index (χ1v) is 10.0. The summed E-state index contributed by atoms with van der Waals surface area (Å²) >= 11 is 0. The SMILES string of the molecule is COc1ccc(-c2cc(C(=O)N3CCN(C(=O)c4ccccc4OC)CC3)[nH]n2)cc1. The maximum absolute atomic E-state index is 12.9. The van der Waals surface area contributed by atoms with Crippen LogP contribution in [0.15, 0.2) is 54.6 Å². The van der Waals surface area contributed by atoms with E-state index in [1.54, 1.807) is 42.2 Å². The van der Waals surface area contributed by atoms with E-state index in [4.69, 9.17) is 9.47 Å². The van der Waals surface area contributed by atoms with E-state index in [1.807, 2.05) is 36.4 Å². The number of piperazine rings is 1. The molecule has 1 aromatic heterocycles. The first kappa shape index (κ1) is 20.5. The Morgan fingerprint density at radius 3 is 2.16 bits per heavy atom. The van der Waals surface area contributed by atoms with Gasteiger partial charge in [0.05, 0.1) is 25.5 Å². The third-order valence-corrected chi connectivity index (χ3v) is 5.39. The number of hydrogen-bond acceptors (Lipinski definition) is 5. The molecule has 1 saturated heterocycles. The Kier molecular flexibility index (Phi) is 5.88. The largest absolute Gasteiger partial charge is 0.497 e. The fraction of sp³-hybridized carbons (Fsp3) is 0.261. The Labute approximate surface area is 180 Å². The van der Waals surface area contributed by atoms with Gasteiger partial charge in [-0.2, -0.15) is 5.10 Å². The van der Waals surface area contributed by atoms with Crippen LogP contribution >= 0.6 is 0 Å². The van der Waals surface area contributed by atoms with Crippen molar-refractivity contribution in [2.24, 2.45) is 0 Å². The van der Waals surface area contributed by atoms with Crippen LogP contribution in [-0.2, 0) is 0 Å². The Balaban J connectivity index is 1.39. The van der Waals surface area contributed by atoms with Crippen molar-refractivity contribution in [3.05, 3.63) is 65.9 Å². The first-order chi connectivity index (χ1) is 15.1. The van der Waals surface area contributed by atoms with E-state index in [0.717, 1.165) is 11.3 Å². The predicted molar refractivity (Wildman–Crippen MR) is 115 cm³/mol. The molecule has 160 valence electrons. The van der Waals surface area contributed by atoms with E-state index in [1.165, 1.54) is 0 Å². The number of H-pyrrole nitrogens is 1. The van der Waals surface area contributed by atoms with Gasteiger partial charge in [0.1, 0.15) is 17.2 Å². The minimum absolute atomic E-state index is 0.0899. The number of hydrogen-bond donors (Lipinski definition) is 1. The van der Waals surface area contributed by atoms with E-state index < -0.39 is 0 Å². The van der Waals surface area contributed by atoms with Crippen LogP contribution < -0.4 is 9.47 Å². The molecule has 2 heterocycles. The van der Waals surface area contributed by atoms with Crippen LogP contribution in [0.5, 0.6) is 11.5 Å². The smallest absolute Gasteiger partial charge is 0.272 e. The lowest BCUT2D eigenvalue weighted by Gasteiger charge is -2.34. The highest BCUT2D eigenvalue weighted by Gasteiger charge is 2.27. The number of aromatic amines is 1. The fourth-order valence-electron chi connectivity index (χ4n) is 3.62. The quantitative estimate of drug-likeness (QED) is 0.686.